The zero-order valence-corrected chi connectivity index (χ0v) is 23.0. The van der Waals surface area contributed by atoms with E-state index >= 15 is 0 Å². The number of methoxy groups -OCH3 is 2. The largest absolute Gasteiger partial charge is 0.505 e. The highest BCUT2D eigenvalue weighted by molar-refractivity contribution is 6.31. The van der Waals surface area contributed by atoms with Crippen molar-refractivity contribution in [3.8, 4) is 17.2 Å². The van der Waals surface area contributed by atoms with E-state index in [0.717, 1.165) is 5.56 Å². The SMILES string of the molecule is CCCc1cn(Cc2c(Cl)cccc2OC)c(=O)c(NC(=O)N[C@@H](CC(=O)O)c2ccc(C)c(OC)c2)c1O. The van der Waals surface area contributed by atoms with E-state index in [9.17, 15) is 24.6 Å². The second-order valence-corrected chi connectivity index (χ2v) is 9.37. The second-order valence-electron chi connectivity index (χ2n) is 8.96. The molecule has 0 aliphatic heterocycles. The predicted molar refractivity (Wildman–Crippen MR) is 148 cm³/mol. The van der Waals surface area contributed by atoms with Crippen LogP contribution >= 0.6 is 11.6 Å². The quantitative estimate of drug-likeness (QED) is 0.264. The molecule has 0 spiro atoms. The molecule has 3 rings (SSSR count). The van der Waals surface area contributed by atoms with E-state index in [2.05, 4.69) is 10.6 Å². The molecule has 10 nitrogen and oxygen atoms in total. The van der Waals surface area contributed by atoms with Gasteiger partial charge in [-0.05, 0) is 42.7 Å². The third-order valence-electron chi connectivity index (χ3n) is 6.23. The summed E-state index contributed by atoms with van der Waals surface area (Å²) < 4.78 is 12.1. The third-order valence-corrected chi connectivity index (χ3v) is 6.58. The number of ether oxygens (including phenoxy) is 2. The van der Waals surface area contributed by atoms with Crippen LogP contribution in [0, 0.1) is 6.92 Å². The fourth-order valence-corrected chi connectivity index (χ4v) is 4.46. The number of hydrogen-bond acceptors (Lipinski definition) is 6. The van der Waals surface area contributed by atoms with Crippen molar-refractivity contribution >= 4 is 29.3 Å². The van der Waals surface area contributed by atoms with E-state index in [-0.39, 0.29) is 18.0 Å². The number of aliphatic carboxylic acids is 1. The van der Waals surface area contributed by atoms with E-state index < -0.39 is 30.0 Å². The molecule has 0 aliphatic carbocycles. The Morgan fingerprint density at radius 2 is 1.85 bits per heavy atom. The van der Waals surface area contributed by atoms with Crippen LogP contribution in [-0.4, -0.2) is 41.0 Å². The first-order chi connectivity index (χ1) is 18.6. The molecule has 1 atom stereocenters. The molecule has 2 aromatic carbocycles. The number of carbonyl (C=O) groups is 2. The molecule has 1 aromatic heterocycles. The first kappa shape index (κ1) is 29.4. The number of aryl methyl sites for hydroxylation is 2. The van der Waals surface area contributed by atoms with Gasteiger partial charge in [0.25, 0.3) is 5.56 Å². The Kier molecular flexibility index (Phi) is 9.84. The minimum atomic E-state index is -1.14. The summed E-state index contributed by atoms with van der Waals surface area (Å²) in [5.41, 5.74) is 1.34. The third kappa shape index (κ3) is 7.02. The van der Waals surface area contributed by atoms with Gasteiger partial charge in [0.15, 0.2) is 5.69 Å². The average Bonchev–Trinajstić information content (AvgIpc) is 2.90. The minimum absolute atomic E-state index is 0.0276. The van der Waals surface area contributed by atoms with Gasteiger partial charge >= 0.3 is 12.0 Å². The number of halogens is 1. The number of carboxylic acid groups (broad SMARTS) is 1. The molecule has 0 aliphatic rings. The standard InChI is InChI=1S/C28H32ClN3O7/c1-5-7-18-14-32(15-19-20(29)8-6-9-22(19)38-3)27(36)25(26(18)35)31-28(37)30-21(13-24(33)34)17-11-10-16(2)23(12-17)39-4/h6,8-12,14,21,35H,5,7,13,15H2,1-4H3,(H,33,34)(H2,30,31,37)/t21-/m0/s1. The Morgan fingerprint density at radius 3 is 2.49 bits per heavy atom. The monoisotopic (exact) mass is 557 g/mol. The van der Waals surface area contributed by atoms with E-state index in [1.807, 2.05) is 13.8 Å². The number of carbonyl (C=O) groups excluding carboxylic acids is 1. The Balaban J connectivity index is 1.97. The first-order valence-electron chi connectivity index (χ1n) is 12.3. The van der Waals surface area contributed by atoms with Gasteiger partial charge in [0.05, 0.1) is 33.2 Å². The van der Waals surface area contributed by atoms with Gasteiger partial charge in [-0.15, -0.1) is 0 Å². The first-order valence-corrected chi connectivity index (χ1v) is 12.7. The maximum atomic E-state index is 13.4. The van der Waals surface area contributed by atoms with Crippen LogP contribution in [0.15, 0.2) is 47.4 Å². The van der Waals surface area contributed by atoms with Crippen LogP contribution in [0.4, 0.5) is 10.5 Å². The van der Waals surface area contributed by atoms with Gasteiger partial charge in [-0.2, -0.15) is 0 Å². The molecule has 208 valence electrons. The number of aromatic hydroxyl groups is 1. The van der Waals surface area contributed by atoms with Crippen molar-refractivity contribution in [3.05, 3.63) is 80.2 Å². The smallest absolute Gasteiger partial charge is 0.319 e. The summed E-state index contributed by atoms with van der Waals surface area (Å²) >= 11 is 6.37. The summed E-state index contributed by atoms with van der Waals surface area (Å²) in [6.45, 7) is 3.78. The van der Waals surface area contributed by atoms with Gasteiger partial charge in [-0.3, -0.25) is 9.59 Å². The van der Waals surface area contributed by atoms with Crippen molar-refractivity contribution in [2.45, 2.75) is 45.7 Å². The lowest BCUT2D eigenvalue weighted by Gasteiger charge is -2.20. The Hall–Kier alpha value is -4.18. The topological polar surface area (TPSA) is 139 Å². The second kappa shape index (κ2) is 13.1. The molecule has 0 saturated heterocycles. The highest BCUT2D eigenvalue weighted by Gasteiger charge is 2.23. The van der Waals surface area contributed by atoms with Crippen molar-refractivity contribution in [1.82, 2.24) is 9.88 Å². The van der Waals surface area contributed by atoms with E-state index in [1.165, 1.54) is 25.0 Å². The molecule has 1 heterocycles. The number of pyridine rings is 1. The zero-order valence-electron chi connectivity index (χ0n) is 22.2. The number of nitrogens with one attached hydrogen (secondary N) is 2. The lowest BCUT2D eigenvalue weighted by atomic mass is 10.0. The number of carboxylic acids is 1. The Labute approximate surface area is 231 Å². The van der Waals surface area contributed by atoms with E-state index in [4.69, 9.17) is 21.1 Å². The van der Waals surface area contributed by atoms with Crippen molar-refractivity contribution in [3.63, 3.8) is 0 Å². The number of benzene rings is 2. The lowest BCUT2D eigenvalue weighted by molar-refractivity contribution is -0.137. The Bertz CT molecular complexity index is 1420. The van der Waals surface area contributed by atoms with Crippen LogP contribution in [0.25, 0.3) is 0 Å². The van der Waals surface area contributed by atoms with Crippen LogP contribution in [0.5, 0.6) is 17.2 Å². The molecule has 0 saturated carbocycles. The molecule has 3 aromatic rings. The van der Waals surface area contributed by atoms with Crippen LogP contribution in [0.3, 0.4) is 0 Å². The van der Waals surface area contributed by atoms with Crippen LogP contribution in [0.1, 0.15) is 48.1 Å². The number of nitrogens with zero attached hydrogens (tertiary/aromatic N) is 1. The normalized spacial score (nSPS) is 11.5. The van der Waals surface area contributed by atoms with E-state index in [0.29, 0.717) is 46.1 Å². The minimum Gasteiger partial charge on any atom is -0.505 e. The maximum Gasteiger partial charge on any atom is 0.319 e. The van der Waals surface area contributed by atoms with Crippen LogP contribution in [-0.2, 0) is 17.8 Å². The fraction of sp³-hybridized carbons (Fsp3) is 0.321. The summed E-state index contributed by atoms with van der Waals surface area (Å²) in [4.78, 5) is 38.0. The summed E-state index contributed by atoms with van der Waals surface area (Å²) in [7, 11) is 2.99. The van der Waals surface area contributed by atoms with Gasteiger partial charge in [-0.25, -0.2) is 4.79 Å². The van der Waals surface area contributed by atoms with Gasteiger partial charge in [0, 0.05) is 22.3 Å². The molecular weight excluding hydrogens is 526 g/mol. The number of urea groups is 1. The highest BCUT2D eigenvalue weighted by atomic mass is 35.5. The summed E-state index contributed by atoms with van der Waals surface area (Å²) in [6, 6.07) is 8.41. The maximum absolute atomic E-state index is 13.4. The highest BCUT2D eigenvalue weighted by Crippen LogP contribution is 2.30. The predicted octanol–water partition coefficient (Wildman–Crippen LogP) is 4.87. The van der Waals surface area contributed by atoms with Gasteiger partial charge < -0.3 is 34.9 Å². The summed E-state index contributed by atoms with van der Waals surface area (Å²) in [6.07, 6.45) is 2.21. The molecule has 0 fully saturated rings. The molecular formula is C28H32ClN3O7. The Morgan fingerprint density at radius 1 is 1.13 bits per heavy atom. The van der Waals surface area contributed by atoms with E-state index in [1.54, 1.807) is 36.4 Å². The van der Waals surface area contributed by atoms with Crippen LogP contribution in [0.2, 0.25) is 5.02 Å². The molecule has 4 N–H and O–H groups in total. The van der Waals surface area contributed by atoms with Gasteiger partial charge in [0.1, 0.15) is 17.2 Å². The number of aromatic nitrogens is 1. The molecule has 11 heteroatoms. The molecule has 0 unspecified atom stereocenters. The van der Waals surface area contributed by atoms with Crippen LogP contribution < -0.4 is 25.7 Å². The number of anilines is 1. The van der Waals surface area contributed by atoms with Crippen molar-refractivity contribution < 1.29 is 29.3 Å². The van der Waals surface area contributed by atoms with Crippen molar-refractivity contribution in [2.24, 2.45) is 0 Å². The molecule has 2 amide bonds. The fourth-order valence-electron chi connectivity index (χ4n) is 4.24. The van der Waals surface area contributed by atoms with Crippen molar-refractivity contribution in [1.29, 1.82) is 0 Å². The lowest BCUT2D eigenvalue weighted by Crippen LogP contribution is -2.36. The average molecular weight is 558 g/mol. The summed E-state index contributed by atoms with van der Waals surface area (Å²) in [5, 5.41) is 25.7. The molecule has 0 bridgehead atoms. The number of amides is 2. The van der Waals surface area contributed by atoms with Gasteiger partial charge in [0.2, 0.25) is 0 Å². The summed E-state index contributed by atoms with van der Waals surface area (Å²) in [5.74, 6) is -0.473. The number of hydrogen-bond donors (Lipinski definition) is 4. The van der Waals surface area contributed by atoms with Gasteiger partial charge in [-0.1, -0.05) is 43.1 Å². The molecule has 39 heavy (non-hydrogen) atoms. The zero-order chi connectivity index (χ0) is 28.7. The molecule has 0 radical (unpaired) electrons. The van der Waals surface area contributed by atoms with Crippen molar-refractivity contribution in [2.75, 3.05) is 19.5 Å². The number of rotatable bonds is 11.